The van der Waals surface area contributed by atoms with Crippen LogP contribution in [0.3, 0.4) is 0 Å². The van der Waals surface area contributed by atoms with Crippen LogP contribution >= 0.6 is 0 Å². The molecule has 0 aliphatic carbocycles. The number of rotatable bonds is 8. The minimum atomic E-state index is 0.788. The second-order valence-electron chi connectivity index (χ2n) is 4.04. The van der Waals surface area contributed by atoms with Crippen molar-refractivity contribution in [3.8, 4) is 0 Å². The van der Waals surface area contributed by atoms with Gasteiger partial charge in [-0.15, -0.1) is 0 Å². The second kappa shape index (κ2) is 9.83. The average Bonchev–Trinajstić information content (AvgIpc) is 2.11. The number of hydrogen-bond donors (Lipinski definition) is 0. The quantitative estimate of drug-likeness (QED) is 0.368. The minimum Gasteiger partial charge on any atom is -0.0883 e. The Morgan fingerprint density at radius 1 is 1.00 bits per heavy atom. The lowest BCUT2D eigenvalue weighted by Gasteiger charge is -2.02. The Balaban J connectivity index is 3.20. The number of unbranched alkanes of at least 4 members (excludes halogenated alkanes) is 4. The Bertz CT molecular complexity index is 113. The molecule has 0 spiro atoms. The van der Waals surface area contributed by atoms with Crippen LogP contribution in [0.1, 0.15) is 65.7 Å². The van der Waals surface area contributed by atoms with Crippen LogP contribution < -0.4 is 0 Å². The van der Waals surface area contributed by atoms with Gasteiger partial charge in [0.1, 0.15) is 0 Å². The zero-order valence-corrected chi connectivity index (χ0v) is 9.68. The van der Waals surface area contributed by atoms with Gasteiger partial charge in [0.25, 0.3) is 0 Å². The van der Waals surface area contributed by atoms with Crippen LogP contribution in [0.25, 0.3) is 0 Å². The number of allylic oxidation sites excluding steroid dienone is 2. The Kier molecular flexibility index (Phi) is 9.63. The lowest BCUT2D eigenvalue weighted by molar-refractivity contribution is 0.627. The monoisotopic (exact) mass is 182 g/mol. The van der Waals surface area contributed by atoms with Crippen LogP contribution in [-0.4, -0.2) is 0 Å². The first kappa shape index (κ1) is 12.7. The van der Waals surface area contributed by atoms with Crippen LogP contribution in [0.4, 0.5) is 0 Å². The highest BCUT2D eigenvalue weighted by Crippen LogP contribution is 2.08. The van der Waals surface area contributed by atoms with E-state index in [-0.39, 0.29) is 0 Å². The van der Waals surface area contributed by atoms with E-state index in [1.807, 2.05) is 0 Å². The molecule has 0 saturated carbocycles. The molecule has 0 saturated heterocycles. The standard InChI is InChI=1S/C13H26/c1-4-6-7-8-9-10-12-13(3)11-5-2/h10,12-13H,4-9,11H2,1-3H3/b12-10+. The molecule has 0 amide bonds. The molecule has 0 rings (SSSR count). The lowest BCUT2D eigenvalue weighted by atomic mass is 10.0. The summed E-state index contributed by atoms with van der Waals surface area (Å²) in [6, 6.07) is 0. The molecular formula is C13H26. The smallest absolute Gasteiger partial charge is 0.0262 e. The van der Waals surface area contributed by atoms with Gasteiger partial charge in [-0.3, -0.25) is 0 Å². The third kappa shape index (κ3) is 9.66. The van der Waals surface area contributed by atoms with Gasteiger partial charge < -0.3 is 0 Å². The van der Waals surface area contributed by atoms with Gasteiger partial charge in [-0.25, -0.2) is 0 Å². The summed E-state index contributed by atoms with van der Waals surface area (Å²) in [5, 5.41) is 0. The molecule has 0 nitrogen and oxygen atoms in total. The van der Waals surface area contributed by atoms with Crippen LogP contribution in [0.2, 0.25) is 0 Å². The molecule has 0 heterocycles. The third-order valence-corrected chi connectivity index (χ3v) is 2.43. The molecule has 1 atom stereocenters. The zero-order valence-electron chi connectivity index (χ0n) is 9.68. The lowest BCUT2D eigenvalue weighted by Crippen LogP contribution is -1.86. The van der Waals surface area contributed by atoms with Gasteiger partial charge >= 0.3 is 0 Å². The van der Waals surface area contributed by atoms with Gasteiger partial charge in [0.2, 0.25) is 0 Å². The fraction of sp³-hybridized carbons (Fsp3) is 0.846. The summed E-state index contributed by atoms with van der Waals surface area (Å²) in [5.74, 6) is 0.788. The Morgan fingerprint density at radius 2 is 1.77 bits per heavy atom. The van der Waals surface area contributed by atoms with Crippen molar-refractivity contribution in [1.29, 1.82) is 0 Å². The van der Waals surface area contributed by atoms with E-state index >= 15 is 0 Å². The summed E-state index contributed by atoms with van der Waals surface area (Å²) in [7, 11) is 0. The molecule has 0 aliphatic heterocycles. The maximum Gasteiger partial charge on any atom is -0.0262 e. The molecule has 0 N–H and O–H groups in total. The largest absolute Gasteiger partial charge is 0.0883 e. The van der Waals surface area contributed by atoms with Crippen molar-refractivity contribution in [3.63, 3.8) is 0 Å². The first-order chi connectivity index (χ1) is 6.31. The van der Waals surface area contributed by atoms with Gasteiger partial charge in [0, 0.05) is 0 Å². The van der Waals surface area contributed by atoms with Gasteiger partial charge in [-0.2, -0.15) is 0 Å². The van der Waals surface area contributed by atoms with E-state index in [0.29, 0.717) is 0 Å². The Hall–Kier alpha value is -0.260. The zero-order chi connectivity index (χ0) is 9.94. The van der Waals surface area contributed by atoms with Gasteiger partial charge in [-0.1, -0.05) is 58.6 Å². The average molecular weight is 182 g/mol. The van der Waals surface area contributed by atoms with E-state index < -0.39 is 0 Å². The SMILES string of the molecule is CCCCCC/C=C/C(C)CCC. The highest BCUT2D eigenvalue weighted by molar-refractivity contribution is 4.85. The van der Waals surface area contributed by atoms with E-state index in [2.05, 4.69) is 32.9 Å². The fourth-order valence-corrected chi connectivity index (χ4v) is 1.57. The predicted molar refractivity (Wildman–Crippen MR) is 62.0 cm³/mol. The maximum atomic E-state index is 2.38. The highest BCUT2D eigenvalue weighted by atomic mass is 14.0. The first-order valence-electron chi connectivity index (χ1n) is 5.97. The molecule has 1 unspecified atom stereocenters. The van der Waals surface area contributed by atoms with E-state index in [4.69, 9.17) is 0 Å². The van der Waals surface area contributed by atoms with Crippen LogP contribution in [-0.2, 0) is 0 Å². The normalized spacial score (nSPS) is 13.8. The maximum absolute atomic E-state index is 2.38. The van der Waals surface area contributed by atoms with E-state index in [0.717, 1.165) is 5.92 Å². The van der Waals surface area contributed by atoms with E-state index in [9.17, 15) is 0 Å². The molecule has 0 bridgehead atoms. The summed E-state index contributed by atoms with van der Waals surface area (Å²) < 4.78 is 0. The van der Waals surface area contributed by atoms with Gasteiger partial charge in [0.15, 0.2) is 0 Å². The molecule has 0 fully saturated rings. The molecule has 0 aliphatic rings. The minimum absolute atomic E-state index is 0.788. The van der Waals surface area contributed by atoms with Crippen molar-refractivity contribution >= 4 is 0 Å². The van der Waals surface area contributed by atoms with Crippen LogP contribution in [0.5, 0.6) is 0 Å². The van der Waals surface area contributed by atoms with Crippen molar-refractivity contribution < 1.29 is 0 Å². The summed E-state index contributed by atoms with van der Waals surface area (Å²) in [6.45, 7) is 6.83. The molecular weight excluding hydrogens is 156 g/mol. The van der Waals surface area contributed by atoms with Crippen LogP contribution in [0, 0.1) is 5.92 Å². The molecule has 0 aromatic rings. The summed E-state index contributed by atoms with van der Waals surface area (Å²) in [6.07, 6.45) is 14.2. The molecule has 13 heavy (non-hydrogen) atoms. The van der Waals surface area contributed by atoms with Crippen molar-refractivity contribution in [3.05, 3.63) is 12.2 Å². The Labute approximate surface area is 84.4 Å². The molecule has 78 valence electrons. The molecule has 0 aromatic heterocycles. The van der Waals surface area contributed by atoms with Crippen molar-refractivity contribution in [1.82, 2.24) is 0 Å². The number of hydrogen-bond acceptors (Lipinski definition) is 0. The highest BCUT2D eigenvalue weighted by Gasteiger charge is 1.92. The third-order valence-electron chi connectivity index (χ3n) is 2.43. The van der Waals surface area contributed by atoms with Crippen molar-refractivity contribution in [2.75, 3.05) is 0 Å². The fourth-order valence-electron chi connectivity index (χ4n) is 1.57. The molecule has 0 heteroatoms. The summed E-state index contributed by atoms with van der Waals surface area (Å²) in [5.41, 5.74) is 0. The summed E-state index contributed by atoms with van der Waals surface area (Å²) in [4.78, 5) is 0. The van der Waals surface area contributed by atoms with Crippen LogP contribution in [0.15, 0.2) is 12.2 Å². The first-order valence-corrected chi connectivity index (χ1v) is 5.97. The molecule has 0 radical (unpaired) electrons. The topological polar surface area (TPSA) is 0 Å². The van der Waals surface area contributed by atoms with Gasteiger partial charge in [-0.05, 0) is 25.2 Å². The second-order valence-corrected chi connectivity index (χ2v) is 4.04. The molecule has 0 aromatic carbocycles. The van der Waals surface area contributed by atoms with E-state index in [1.54, 1.807) is 0 Å². The van der Waals surface area contributed by atoms with E-state index in [1.165, 1.54) is 44.9 Å². The predicted octanol–water partition coefficient (Wildman–Crippen LogP) is 4.95. The van der Waals surface area contributed by atoms with Crippen molar-refractivity contribution in [2.24, 2.45) is 5.92 Å². The summed E-state index contributed by atoms with van der Waals surface area (Å²) >= 11 is 0. The Morgan fingerprint density at radius 3 is 2.38 bits per heavy atom. The van der Waals surface area contributed by atoms with Crippen molar-refractivity contribution in [2.45, 2.75) is 65.7 Å². The van der Waals surface area contributed by atoms with Gasteiger partial charge in [0.05, 0.1) is 0 Å².